The lowest BCUT2D eigenvalue weighted by Gasteiger charge is -2.20. The minimum Gasteiger partial charge on any atom is -0.356 e. The molecule has 0 bridgehead atoms. The second-order valence-corrected chi connectivity index (χ2v) is 8.08. The number of rotatable bonds is 6. The minimum absolute atomic E-state index is 0.0270. The molecule has 0 aliphatic heterocycles. The summed E-state index contributed by atoms with van der Waals surface area (Å²) in [6, 6.07) is 15.0. The van der Waals surface area contributed by atoms with Crippen LogP contribution < -0.4 is 10.6 Å². The largest absolute Gasteiger partial charge is 0.356 e. The van der Waals surface area contributed by atoms with E-state index in [4.69, 9.17) is 0 Å². The molecule has 1 aromatic carbocycles. The standard InChI is InChI=1S/C25H24N6O2/c1-2-15-8-9-18-21(24(15)32)23(28-17-6-4-3-5-7-17)22(29-18)16-10-12-26-20(14-16)30-25(33)19-11-13-27-31-19/h3-7,10-15,28-29H,2,8-9H2,1H3,(H,27,31)(H,26,30,33)/t15-/m0/s1. The van der Waals surface area contributed by atoms with E-state index in [0.29, 0.717) is 11.5 Å². The zero-order chi connectivity index (χ0) is 22.8. The number of amides is 1. The molecule has 3 aromatic heterocycles. The number of benzene rings is 1. The summed E-state index contributed by atoms with van der Waals surface area (Å²) in [5.41, 5.74) is 5.29. The van der Waals surface area contributed by atoms with Crippen molar-refractivity contribution < 1.29 is 9.59 Å². The van der Waals surface area contributed by atoms with Gasteiger partial charge in [0.25, 0.3) is 5.91 Å². The zero-order valence-electron chi connectivity index (χ0n) is 18.2. The number of aryl methyl sites for hydroxylation is 1. The van der Waals surface area contributed by atoms with Crippen LogP contribution >= 0.6 is 0 Å². The topological polar surface area (TPSA) is 116 Å². The Balaban J connectivity index is 1.55. The fraction of sp³-hybridized carbons (Fsp3) is 0.200. The molecule has 8 nitrogen and oxygen atoms in total. The first-order valence-corrected chi connectivity index (χ1v) is 11.0. The van der Waals surface area contributed by atoms with Gasteiger partial charge in [-0.05, 0) is 49.6 Å². The van der Waals surface area contributed by atoms with Gasteiger partial charge in [-0.15, -0.1) is 0 Å². The number of hydrogen-bond acceptors (Lipinski definition) is 5. The van der Waals surface area contributed by atoms with Crippen LogP contribution in [0, 0.1) is 5.92 Å². The second-order valence-electron chi connectivity index (χ2n) is 8.08. The van der Waals surface area contributed by atoms with Gasteiger partial charge in [-0.25, -0.2) is 4.98 Å². The van der Waals surface area contributed by atoms with Crippen LogP contribution in [0.2, 0.25) is 0 Å². The number of hydrogen-bond donors (Lipinski definition) is 4. The molecule has 0 saturated carbocycles. The van der Waals surface area contributed by atoms with E-state index < -0.39 is 0 Å². The molecule has 0 unspecified atom stereocenters. The number of fused-ring (bicyclic) bond motifs is 1. The van der Waals surface area contributed by atoms with Gasteiger partial charge in [-0.3, -0.25) is 14.7 Å². The molecule has 8 heteroatoms. The van der Waals surface area contributed by atoms with E-state index in [2.05, 4.69) is 37.7 Å². The Morgan fingerprint density at radius 2 is 2.00 bits per heavy atom. The van der Waals surface area contributed by atoms with E-state index in [1.165, 1.54) is 6.20 Å². The molecule has 33 heavy (non-hydrogen) atoms. The van der Waals surface area contributed by atoms with E-state index in [9.17, 15) is 9.59 Å². The number of aromatic amines is 2. The Morgan fingerprint density at radius 1 is 1.15 bits per heavy atom. The summed E-state index contributed by atoms with van der Waals surface area (Å²) >= 11 is 0. The fourth-order valence-electron chi connectivity index (χ4n) is 4.28. The van der Waals surface area contributed by atoms with Crippen molar-refractivity contribution >= 4 is 28.9 Å². The van der Waals surface area contributed by atoms with E-state index in [0.717, 1.165) is 53.2 Å². The van der Waals surface area contributed by atoms with Gasteiger partial charge < -0.3 is 15.6 Å². The molecule has 1 aliphatic rings. The third-order valence-corrected chi connectivity index (χ3v) is 6.01. The summed E-state index contributed by atoms with van der Waals surface area (Å²) < 4.78 is 0. The van der Waals surface area contributed by atoms with Crippen molar-refractivity contribution in [3.8, 4) is 11.3 Å². The summed E-state index contributed by atoms with van der Waals surface area (Å²) in [5.74, 6) is 0.273. The van der Waals surface area contributed by atoms with Crippen molar-refractivity contribution in [3.05, 3.63) is 77.9 Å². The Bertz CT molecular complexity index is 1290. The first-order chi connectivity index (χ1) is 16.1. The van der Waals surface area contributed by atoms with Gasteiger partial charge in [0.05, 0.1) is 16.9 Å². The van der Waals surface area contributed by atoms with Crippen LogP contribution in [0.25, 0.3) is 11.3 Å². The summed E-state index contributed by atoms with van der Waals surface area (Å²) in [7, 11) is 0. The van der Waals surface area contributed by atoms with Gasteiger partial charge in [-0.1, -0.05) is 25.1 Å². The monoisotopic (exact) mass is 440 g/mol. The Hall–Kier alpha value is -4.20. The fourth-order valence-corrected chi connectivity index (χ4v) is 4.28. The van der Waals surface area contributed by atoms with Crippen molar-refractivity contribution in [3.63, 3.8) is 0 Å². The lowest BCUT2D eigenvalue weighted by Crippen LogP contribution is -2.22. The second kappa shape index (κ2) is 8.74. The van der Waals surface area contributed by atoms with Crippen molar-refractivity contribution in [1.82, 2.24) is 20.2 Å². The van der Waals surface area contributed by atoms with Crippen LogP contribution in [0.15, 0.2) is 60.9 Å². The van der Waals surface area contributed by atoms with Crippen LogP contribution in [0.1, 0.15) is 46.3 Å². The Labute approximate surface area is 190 Å². The van der Waals surface area contributed by atoms with E-state index in [1.54, 1.807) is 18.3 Å². The highest BCUT2D eigenvalue weighted by molar-refractivity contribution is 6.08. The third kappa shape index (κ3) is 4.03. The van der Waals surface area contributed by atoms with Crippen LogP contribution in [-0.4, -0.2) is 31.9 Å². The SMILES string of the molecule is CC[C@H]1CCc2[nH]c(-c3ccnc(NC(=O)c4ccn[nH]4)c3)c(Nc3ccccc3)c2C1=O. The molecule has 1 amide bonds. The van der Waals surface area contributed by atoms with Gasteiger partial charge in [0.15, 0.2) is 5.78 Å². The predicted octanol–water partition coefficient (Wildman–Crippen LogP) is 4.95. The number of ketones is 1. The normalized spacial score (nSPS) is 15.2. The first-order valence-electron chi connectivity index (χ1n) is 11.0. The number of anilines is 3. The molecular weight excluding hydrogens is 416 g/mol. The van der Waals surface area contributed by atoms with E-state index in [-0.39, 0.29) is 17.6 Å². The van der Waals surface area contributed by atoms with Gasteiger partial charge in [0.2, 0.25) is 0 Å². The maximum atomic E-state index is 13.3. The average Bonchev–Trinajstić information content (AvgIpc) is 3.49. The average molecular weight is 441 g/mol. The smallest absolute Gasteiger partial charge is 0.274 e. The molecule has 0 saturated heterocycles. The molecule has 166 valence electrons. The number of aromatic nitrogens is 4. The number of pyridine rings is 1. The zero-order valence-corrected chi connectivity index (χ0v) is 18.2. The predicted molar refractivity (Wildman–Crippen MR) is 127 cm³/mol. The summed E-state index contributed by atoms with van der Waals surface area (Å²) in [6.45, 7) is 2.06. The van der Waals surface area contributed by atoms with Gasteiger partial charge in [-0.2, -0.15) is 5.10 Å². The number of para-hydroxylation sites is 1. The molecule has 0 spiro atoms. The lowest BCUT2D eigenvalue weighted by molar-refractivity contribution is 0.0899. The van der Waals surface area contributed by atoms with Crippen molar-refractivity contribution in [1.29, 1.82) is 0 Å². The minimum atomic E-state index is -0.327. The maximum absolute atomic E-state index is 13.3. The molecule has 1 aliphatic carbocycles. The molecule has 4 N–H and O–H groups in total. The summed E-state index contributed by atoms with van der Waals surface area (Å²) in [6.07, 6.45) is 5.64. The highest BCUT2D eigenvalue weighted by Gasteiger charge is 2.32. The molecule has 5 rings (SSSR count). The van der Waals surface area contributed by atoms with E-state index >= 15 is 0 Å². The third-order valence-electron chi connectivity index (χ3n) is 6.01. The van der Waals surface area contributed by atoms with E-state index in [1.807, 2.05) is 36.4 Å². The number of nitrogens with zero attached hydrogens (tertiary/aromatic N) is 2. The molecule has 0 fully saturated rings. The number of Topliss-reactive ketones (excluding diaryl/α,β-unsaturated/α-hetero) is 1. The molecular formula is C25H24N6O2. The lowest BCUT2D eigenvalue weighted by atomic mass is 9.84. The molecule has 0 radical (unpaired) electrons. The molecule has 3 heterocycles. The van der Waals surface area contributed by atoms with Gasteiger partial charge in [0, 0.05) is 35.3 Å². The number of nitrogens with one attached hydrogen (secondary N) is 4. The van der Waals surface area contributed by atoms with Crippen LogP contribution in [0.5, 0.6) is 0 Å². The Morgan fingerprint density at radius 3 is 2.76 bits per heavy atom. The van der Waals surface area contributed by atoms with Crippen LogP contribution in [0.3, 0.4) is 0 Å². The van der Waals surface area contributed by atoms with Crippen molar-refractivity contribution in [2.24, 2.45) is 5.92 Å². The van der Waals surface area contributed by atoms with Gasteiger partial charge in [0.1, 0.15) is 11.5 Å². The molecule has 1 atom stereocenters. The maximum Gasteiger partial charge on any atom is 0.274 e. The number of carbonyl (C=O) groups excluding carboxylic acids is 2. The molecule has 4 aromatic rings. The van der Waals surface area contributed by atoms with Crippen molar-refractivity contribution in [2.45, 2.75) is 26.2 Å². The summed E-state index contributed by atoms with van der Waals surface area (Å²) in [5, 5.41) is 12.7. The number of H-pyrrole nitrogens is 2. The van der Waals surface area contributed by atoms with Gasteiger partial charge >= 0.3 is 0 Å². The number of carbonyl (C=O) groups is 2. The van der Waals surface area contributed by atoms with Crippen LogP contribution in [0.4, 0.5) is 17.2 Å². The first kappa shape index (κ1) is 20.7. The highest BCUT2D eigenvalue weighted by Crippen LogP contribution is 2.40. The van der Waals surface area contributed by atoms with Crippen molar-refractivity contribution in [2.75, 3.05) is 10.6 Å². The highest BCUT2D eigenvalue weighted by atomic mass is 16.2. The van der Waals surface area contributed by atoms with Crippen LogP contribution in [-0.2, 0) is 6.42 Å². The Kier molecular flexibility index (Phi) is 5.48. The summed E-state index contributed by atoms with van der Waals surface area (Å²) in [4.78, 5) is 33.5. The quantitative estimate of drug-likeness (QED) is 0.339.